The summed E-state index contributed by atoms with van der Waals surface area (Å²) in [6.07, 6.45) is 0. The monoisotopic (exact) mass is 221 g/mol. The minimum Gasteiger partial charge on any atom is -0.327 e. The summed E-state index contributed by atoms with van der Waals surface area (Å²) in [6, 6.07) is 9.00. The average Bonchev–Trinajstić information content (AvgIpc) is 2.18. The summed E-state index contributed by atoms with van der Waals surface area (Å²) in [5.74, 6) is 0. The SMILES string of the molecule is CCN(C)Cc1ccc(C[N+](C)(C)C)cc1. The van der Waals surface area contributed by atoms with Crippen LogP contribution >= 0.6 is 0 Å². The van der Waals surface area contributed by atoms with Gasteiger partial charge in [0.2, 0.25) is 0 Å². The van der Waals surface area contributed by atoms with Crippen LogP contribution < -0.4 is 0 Å². The van der Waals surface area contributed by atoms with E-state index in [0.717, 1.165) is 24.1 Å². The van der Waals surface area contributed by atoms with Gasteiger partial charge in [0.25, 0.3) is 0 Å². The topological polar surface area (TPSA) is 3.24 Å². The van der Waals surface area contributed by atoms with Crippen molar-refractivity contribution in [3.05, 3.63) is 35.4 Å². The maximum atomic E-state index is 2.31. The van der Waals surface area contributed by atoms with Crippen molar-refractivity contribution < 1.29 is 4.48 Å². The first-order valence-electron chi connectivity index (χ1n) is 5.97. The first kappa shape index (κ1) is 13.2. The number of benzene rings is 1. The van der Waals surface area contributed by atoms with Crippen LogP contribution in [0.3, 0.4) is 0 Å². The molecule has 16 heavy (non-hydrogen) atoms. The van der Waals surface area contributed by atoms with Crippen molar-refractivity contribution in [3.63, 3.8) is 0 Å². The Labute approximate surface area is 100 Å². The van der Waals surface area contributed by atoms with Crippen LogP contribution in [0.25, 0.3) is 0 Å². The zero-order valence-corrected chi connectivity index (χ0v) is 11.3. The molecule has 0 aliphatic carbocycles. The third-order valence-corrected chi connectivity index (χ3v) is 2.67. The molecule has 1 aromatic carbocycles. The lowest BCUT2D eigenvalue weighted by molar-refractivity contribution is -0.884. The molecule has 1 rings (SSSR count). The summed E-state index contributed by atoms with van der Waals surface area (Å²) >= 11 is 0. The van der Waals surface area contributed by atoms with Gasteiger partial charge in [-0.3, -0.25) is 0 Å². The second-order valence-electron chi connectivity index (χ2n) is 5.60. The molecule has 0 fully saturated rings. The van der Waals surface area contributed by atoms with Crippen molar-refractivity contribution in [2.24, 2.45) is 0 Å². The van der Waals surface area contributed by atoms with E-state index in [2.05, 4.69) is 64.3 Å². The van der Waals surface area contributed by atoms with E-state index in [9.17, 15) is 0 Å². The van der Waals surface area contributed by atoms with Gasteiger partial charge in [-0.05, 0) is 19.2 Å². The molecule has 0 saturated carbocycles. The maximum Gasteiger partial charge on any atom is 0.104 e. The molecule has 0 aliphatic rings. The summed E-state index contributed by atoms with van der Waals surface area (Å²) in [7, 11) is 8.82. The van der Waals surface area contributed by atoms with Crippen LogP contribution in [0.2, 0.25) is 0 Å². The fourth-order valence-electron chi connectivity index (χ4n) is 1.72. The molecular weight excluding hydrogens is 196 g/mol. The minimum atomic E-state index is 0.980. The predicted molar refractivity (Wildman–Crippen MR) is 70.2 cm³/mol. The van der Waals surface area contributed by atoms with Gasteiger partial charge in [0.1, 0.15) is 6.54 Å². The molecule has 90 valence electrons. The lowest BCUT2D eigenvalue weighted by Crippen LogP contribution is -2.33. The van der Waals surface area contributed by atoms with E-state index < -0.39 is 0 Å². The number of hydrogen-bond donors (Lipinski definition) is 0. The molecule has 2 nitrogen and oxygen atoms in total. The highest BCUT2D eigenvalue weighted by atomic mass is 15.3. The van der Waals surface area contributed by atoms with Gasteiger partial charge in [0.15, 0.2) is 0 Å². The van der Waals surface area contributed by atoms with E-state index in [-0.39, 0.29) is 0 Å². The van der Waals surface area contributed by atoms with Crippen molar-refractivity contribution in [1.29, 1.82) is 0 Å². The van der Waals surface area contributed by atoms with Gasteiger partial charge in [-0.25, -0.2) is 0 Å². The second-order valence-corrected chi connectivity index (χ2v) is 5.60. The zero-order chi connectivity index (χ0) is 12.2. The van der Waals surface area contributed by atoms with Crippen molar-refractivity contribution >= 4 is 0 Å². The fourth-order valence-corrected chi connectivity index (χ4v) is 1.72. The highest BCUT2D eigenvalue weighted by Crippen LogP contribution is 2.10. The Bertz CT molecular complexity index is 309. The van der Waals surface area contributed by atoms with E-state index in [1.807, 2.05) is 0 Å². The van der Waals surface area contributed by atoms with Crippen LogP contribution in [0.4, 0.5) is 0 Å². The zero-order valence-electron chi connectivity index (χ0n) is 11.3. The van der Waals surface area contributed by atoms with Gasteiger partial charge in [-0.1, -0.05) is 31.2 Å². The molecule has 0 radical (unpaired) electrons. The molecule has 0 amide bonds. The van der Waals surface area contributed by atoms with Crippen molar-refractivity contribution in [2.75, 3.05) is 34.7 Å². The molecule has 0 saturated heterocycles. The Hall–Kier alpha value is -0.860. The molecule has 0 bridgehead atoms. The van der Waals surface area contributed by atoms with Crippen molar-refractivity contribution in [2.45, 2.75) is 20.0 Å². The second kappa shape index (κ2) is 5.46. The van der Waals surface area contributed by atoms with Gasteiger partial charge in [0, 0.05) is 12.1 Å². The third-order valence-electron chi connectivity index (χ3n) is 2.67. The number of nitrogens with zero attached hydrogens (tertiary/aromatic N) is 2. The molecule has 0 aromatic heterocycles. The maximum absolute atomic E-state index is 2.31. The standard InChI is InChI=1S/C14H25N2/c1-6-15(2)11-13-7-9-14(10-8-13)12-16(3,4)5/h7-10H,6,11-12H2,1-5H3/q+1. The lowest BCUT2D eigenvalue weighted by atomic mass is 10.1. The van der Waals surface area contributed by atoms with E-state index in [1.165, 1.54) is 11.1 Å². The Kier molecular flexibility index (Phi) is 4.51. The van der Waals surface area contributed by atoms with E-state index >= 15 is 0 Å². The largest absolute Gasteiger partial charge is 0.327 e. The molecule has 0 atom stereocenters. The van der Waals surface area contributed by atoms with Gasteiger partial charge < -0.3 is 9.38 Å². The minimum absolute atomic E-state index is 0.980. The molecule has 0 aliphatic heterocycles. The number of hydrogen-bond acceptors (Lipinski definition) is 1. The number of quaternary nitrogens is 1. The number of rotatable bonds is 5. The lowest BCUT2D eigenvalue weighted by Gasteiger charge is -2.24. The first-order chi connectivity index (χ1) is 7.40. The summed E-state index contributed by atoms with van der Waals surface area (Å²) in [4.78, 5) is 2.31. The van der Waals surface area contributed by atoms with Crippen LogP contribution in [0.15, 0.2) is 24.3 Å². The fraction of sp³-hybridized carbons (Fsp3) is 0.571. The van der Waals surface area contributed by atoms with Gasteiger partial charge >= 0.3 is 0 Å². The van der Waals surface area contributed by atoms with Crippen LogP contribution in [0.5, 0.6) is 0 Å². The Morgan fingerprint density at radius 1 is 1.00 bits per heavy atom. The molecule has 0 N–H and O–H groups in total. The average molecular weight is 221 g/mol. The van der Waals surface area contributed by atoms with Crippen LogP contribution in [0.1, 0.15) is 18.1 Å². The molecule has 0 spiro atoms. The molecule has 1 aromatic rings. The van der Waals surface area contributed by atoms with Gasteiger partial charge in [-0.2, -0.15) is 0 Å². The summed E-state index contributed by atoms with van der Waals surface area (Å²) in [6.45, 7) is 5.41. The Morgan fingerprint density at radius 3 is 1.94 bits per heavy atom. The van der Waals surface area contributed by atoms with E-state index in [1.54, 1.807) is 0 Å². The van der Waals surface area contributed by atoms with E-state index in [0.29, 0.717) is 0 Å². The third kappa shape index (κ3) is 4.77. The highest BCUT2D eigenvalue weighted by Gasteiger charge is 2.08. The molecule has 0 unspecified atom stereocenters. The summed E-state index contributed by atoms with van der Waals surface area (Å²) in [5.41, 5.74) is 2.81. The van der Waals surface area contributed by atoms with Crippen LogP contribution in [0, 0.1) is 0 Å². The Morgan fingerprint density at radius 2 is 1.50 bits per heavy atom. The van der Waals surface area contributed by atoms with Crippen molar-refractivity contribution in [3.8, 4) is 0 Å². The molecular formula is C14H25N2+. The predicted octanol–water partition coefficient (Wildman–Crippen LogP) is 2.34. The molecule has 0 heterocycles. The van der Waals surface area contributed by atoms with Crippen LogP contribution in [-0.2, 0) is 13.1 Å². The first-order valence-corrected chi connectivity index (χ1v) is 5.97. The van der Waals surface area contributed by atoms with Gasteiger partial charge in [0.05, 0.1) is 21.1 Å². The van der Waals surface area contributed by atoms with E-state index in [4.69, 9.17) is 0 Å². The summed E-state index contributed by atoms with van der Waals surface area (Å²) in [5, 5.41) is 0. The normalized spacial score (nSPS) is 12.1. The Balaban J connectivity index is 2.61. The summed E-state index contributed by atoms with van der Waals surface area (Å²) < 4.78 is 0.980. The van der Waals surface area contributed by atoms with Crippen molar-refractivity contribution in [1.82, 2.24) is 4.90 Å². The molecule has 2 heteroatoms. The highest BCUT2D eigenvalue weighted by molar-refractivity contribution is 5.21. The van der Waals surface area contributed by atoms with Gasteiger partial charge in [-0.15, -0.1) is 0 Å². The quantitative estimate of drug-likeness (QED) is 0.690. The smallest absolute Gasteiger partial charge is 0.104 e. The van der Waals surface area contributed by atoms with Crippen LogP contribution in [-0.4, -0.2) is 44.1 Å².